The molecule has 1 aliphatic heterocycles. The third-order valence-corrected chi connectivity index (χ3v) is 2.74. The molecule has 2 rings (SSSR count). The van der Waals surface area contributed by atoms with Crippen LogP contribution in [0.3, 0.4) is 0 Å². The lowest BCUT2D eigenvalue weighted by atomic mass is 10.2. The van der Waals surface area contributed by atoms with Crippen molar-refractivity contribution in [2.75, 3.05) is 19.8 Å². The highest BCUT2D eigenvalue weighted by atomic mass is 16.5. The molecule has 1 unspecified atom stereocenters. The first kappa shape index (κ1) is 11.6. The molecule has 90 valence electrons. The van der Waals surface area contributed by atoms with Crippen LogP contribution >= 0.6 is 0 Å². The molecule has 1 fully saturated rings. The average molecular weight is 225 g/mol. The zero-order valence-electron chi connectivity index (χ0n) is 9.70. The van der Waals surface area contributed by atoms with Gasteiger partial charge in [-0.05, 0) is 19.0 Å². The average Bonchev–Trinajstić information content (AvgIpc) is 2.94. The van der Waals surface area contributed by atoms with Crippen LogP contribution in [-0.4, -0.2) is 25.9 Å². The molecular weight excluding hydrogens is 206 g/mol. The van der Waals surface area contributed by atoms with Crippen molar-refractivity contribution >= 4 is 0 Å². The van der Waals surface area contributed by atoms with Crippen LogP contribution in [0, 0.1) is 0 Å². The molecule has 1 aromatic heterocycles. The maximum Gasteiger partial charge on any atom is 0.123 e. The van der Waals surface area contributed by atoms with Gasteiger partial charge in [-0.15, -0.1) is 0 Å². The van der Waals surface area contributed by atoms with E-state index >= 15 is 0 Å². The van der Waals surface area contributed by atoms with Gasteiger partial charge in [-0.1, -0.05) is 6.92 Å². The SMILES string of the molecule is CCNCc1occc1COC1CCOC1. The van der Waals surface area contributed by atoms with E-state index in [1.807, 2.05) is 6.07 Å². The smallest absolute Gasteiger partial charge is 0.123 e. The lowest BCUT2D eigenvalue weighted by Gasteiger charge is -2.09. The topological polar surface area (TPSA) is 43.6 Å². The Labute approximate surface area is 95.9 Å². The molecule has 0 amide bonds. The van der Waals surface area contributed by atoms with Gasteiger partial charge in [0.15, 0.2) is 0 Å². The molecule has 16 heavy (non-hydrogen) atoms. The van der Waals surface area contributed by atoms with E-state index < -0.39 is 0 Å². The minimum atomic E-state index is 0.252. The van der Waals surface area contributed by atoms with Crippen LogP contribution < -0.4 is 5.32 Å². The van der Waals surface area contributed by atoms with Crippen molar-refractivity contribution in [1.29, 1.82) is 0 Å². The minimum Gasteiger partial charge on any atom is -0.468 e. The second-order valence-corrected chi connectivity index (χ2v) is 3.95. The van der Waals surface area contributed by atoms with Gasteiger partial charge in [0, 0.05) is 12.2 Å². The van der Waals surface area contributed by atoms with Crippen molar-refractivity contribution in [2.24, 2.45) is 0 Å². The Morgan fingerprint density at radius 1 is 1.56 bits per heavy atom. The molecule has 0 aliphatic carbocycles. The fourth-order valence-electron chi connectivity index (χ4n) is 1.74. The van der Waals surface area contributed by atoms with Crippen molar-refractivity contribution in [3.8, 4) is 0 Å². The fourth-order valence-corrected chi connectivity index (χ4v) is 1.74. The molecule has 1 aromatic rings. The van der Waals surface area contributed by atoms with E-state index in [9.17, 15) is 0 Å². The zero-order chi connectivity index (χ0) is 11.2. The second kappa shape index (κ2) is 6.03. The Morgan fingerprint density at radius 3 is 3.25 bits per heavy atom. The summed E-state index contributed by atoms with van der Waals surface area (Å²) in [5, 5.41) is 3.25. The van der Waals surface area contributed by atoms with Gasteiger partial charge in [0.2, 0.25) is 0 Å². The Kier molecular flexibility index (Phi) is 4.39. The Bertz CT molecular complexity index is 305. The van der Waals surface area contributed by atoms with Crippen LogP contribution in [0.25, 0.3) is 0 Å². The van der Waals surface area contributed by atoms with E-state index in [1.165, 1.54) is 0 Å². The van der Waals surface area contributed by atoms with Gasteiger partial charge in [-0.2, -0.15) is 0 Å². The monoisotopic (exact) mass is 225 g/mol. The predicted octanol–water partition coefficient (Wildman–Crippen LogP) is 1.69. The normalized spacial score (nSPS) is 20.4. The molecule has 0 bridgehead atoms. The van der Waals surface area contributed by atoms with Gasteiger partial charge < -0.3 is 19.2 Å². The van der Waals surface area contributed by atoms with Crippen LogP contribution in [0.1, 0.15) is 24.7 Å². The summed E-state index contributed by atoms with van der Waals surface area (Å²) in [7, 11) is 0. The first-order valence-corrected chi connectivity index (χ1v) is 5.85. The van der Waals surface area contributed by atoms with Crippen LogP contribution in [0.15, 0.2) is 16.7 Å². The van der Waals surface area contributed by atoms with E-state index in [0.717, 1.165) is 44.0 Å². The summed E-state index contributed by atoms with van der Waals surface area (Å²) in [5.41, 5.74) is 1.13. The number of nitrogens with one attached hydrogen (secondary N) is 1. The zero-order valence-corrected chi connectivity index (χ0v) is 9.70. The maximum atomic E-state index is 5.76. The summed E-state index contributed by atoms with van der Waals surface area (Å²) < 4.78 is 16.4. The molecule has 1 atom stereocenters. The van der Waals surface area contributed by atoms with Gasteiger partial charge in [0.1, 0.15) is 5.76 Å². The third kappa shape index (κ3) is 3.07. The Morgan fingerprint density at radius 2 is 2.50 bits per heavy atom. The number of rotatable bonds is 6. The molecule has 2 heterocycles. The Balaban J connectivity index is 1.80. The second-order valence-electron chi connectivity index (χ2n) is 3.95. The van der Waals surface area contributed by atoms with E-state index in [-0.39, 0.29) is 6.10 Å². The van der Waals surface area contributed by atoms with Crippen LogP contribution in [-0.2, 0) is 22.6 Å². The van der Waals surface area contributed by atoms with E-state index in [1.54, 1.807) is 6.26 Å². The quantitative estimate of drug-likeness (QED) is 0.800. The van der Waals surface area contributed by atoms with Gasteiger partial charge in [-0.3, -0.25) is 0 Å². The highest BCUT2D eigenvalue weighted by Gasteiger charge is 2.17. The lowest BCUT2D eigenvalue weighted by molar-refractivity contribution is 0.0310. The molecule has 0 spiro atoms. The summed E-state index contributed by atoms with van der Waals surface area (Å²) in [6, 6.07) is 1.97. The first-order chi connectivity index (χ1) is 7.90. The van der Waals surface area contributed by atoms with Gasteiger partial charge >= 0.3 is 0 Å². The highest BCUT2D eigenvalue weighted by molar-refractivity contribution is 5.15. The molecular formula is C12H19NO3. The van der Waals surface area contributed by atoms with E-state index in [4.69, 9.17) is 13.9 Å². The number of hydrogen-bond acceptors (Lipinski definition) is 4. The molecule has 4 heteroatoms. The van der Waals surface area contributed by atoms with Crippen molar-refractivity contribution < 1.29 is 13.9 Å². The Hall–Kier alpha value is -0.840. The van der Waals surface area contributed by atoms with E-state index in [0.29, 0.717) is 6.61 Å². The van der Waals surface area contributed by atoms with Gasteiger partial charge in [0.25, 0.3) is 0 Å². The highest BCUT2D eigenvalue weighted by Crippen LogP contribution is 2.15. The molecule has 1 aliphatic rings. The fraction of sp³-hybridized carbons (Fsp3) is 0.667. The van der Waals surface area contributed by atoms with Crippen molar-refractivity contribution in [3.05, 3.63) is 23.7 Å². The molecule has 1 saturated heterocycles. The molecule has 0 radical (unpaired) electrons. The molecule has 1 N–H and O–H groups in total. The number of furan rings is 1. The van der Waals surface area contributed by atoms with Crippen molar-refractivity contribution in [3.63, 3.8) is 0 Å². The largest absolute Gasteiger partial charge is 0.468 e. The van der Waals surface area contributed by atoms with Gasteiger partial charge in [0.05, 0.1) is 32.1 Å². The van der Waals surface area contributed by atoms with Crippen molar-refractivity contribution in [1.82, 2.24) is 5.32 Å². The summed E-state index contributed by atoms with van der Waals surface area (Å²) >= 11 is 0. The molecule has 0 saturated carbocycles. The van der Waals surface area contributed by atoms with Crippen LogP contribution in [0.5, 0.6) is 0 Å². The number of ether oxygens (including phenoxy) is 2. The first-order valence-electron chi connectivity index (χ1n) is 5.85. The predicted molar refractivity (Wildman–Crippen MR) is 60.1 cm³/mol. The summed E-state index contributed by atoms with van der Waals surface area (Å²) in [6.45, 7) is 5.95. The lowest BCUT2D eigenvalue weighted by Crippen LogP contribution is -2.15. The standard InChI is InChI=1S/C12H19NO3/c1-2-13-7-12-10(3-6-15-12)8-16-11-4-5-14-9-11/h3,6,11,13H,2,4-5,7-9H2,1H3. The summed E-state index contributed by atoms with van der Waals surface area (Å²) in [5.74, 6) is 0.973. The minimum absolute atomic E-state index is 0.252. The van der Waals surface area contributed by atoms with Crippen molar-refractivity contribution in [2.45, 2.75) is 32.6 Å². The third-order valence-electron chi connectivity index (χ3n) is 2.74. The maximum absolute atomic E-state index is 5.76. The summed E-state index contributed by atoms with van der Waals surface area (Å²) in [6.07, 6.45) is 2.97. The summed E-state index contributed by atoms with van der Waals surface area (Å²) in [4.78, 5) is 0. The van der Waals surface area contributed by atoms with Gasteiger partial charge in [-0.25, -0.2) is 0 Å². The molecule has 4 nitrogen and oxygen atoms in total. The molecule has 0 aromatic carbocycles. The van der Waals surface area contributed by atoms with Crippen LogP contribution in [0.2, 0.25) is 0 Å². The van der Waals surface area contributed by atoms with Crippen LogP contribution in [0.4, 0.5) is 0 Å². The number of hydrogen-bond donors (Lipinski definition) is 1. The van der Waals surface area contributed by atoms with E-state index in [2.05, 4.69) is 12.2 Å².